The molecule has 0 saturated carbocycles. The minimum atomic E-state index is -0.706. The molecule has 1 unspecified atom stereocenters. The quantitative estimate of drug-likeness (QED) is 0.342. The fraction of sp³-hybridized carbons (Fsp3) is 0.222. The van der Waals surface area contributed by atoms with Crippen LogP contribution in [0.2, 0.25) is 0 Å². The molecule has 35 heavy (non-hydrogen) atoms. The monoisotopic (exact) mass is 486 g/mol. The second-order valence-electron chi connectivity index (χ2n) is 8.66. The van der Waals surface area contributed by atoms with E-state index in [1.165, 1.54) is 17.3 Å². The van der Waals surface area contributed by atoms with E-state index in [1.807, 2.05) is 85.8 Å². The number of benzene rings is 3. The first-order valence-corrected chi connectivity index (χ1v) is 12.4. The molecule has 0 radical (unpaired) electrons. The van der Waals surface area contributed by atoms with E-state index in [2.05, 4.69) is 16.3 Å². The van der Waals surface area contributed by atoms with Crippen LogP contribution in [0.25, 0.3) is 22.4 Å². The molecular formula is C27H26N4O3S. The van der Waals surface area contributed by atoms with Crippen LogP contribution in [-0.2, 0) is 0 Å². The summed E-state index contributed by atoms with van der Waals surface area (Å²) in [6.45, 7) is 6.20. The maximum atomic E-state index is 13.4. The zero-order valence-corrected chi connectivity index (χ0v) is 20.6. The average molecular weight is 487 g/mol. The first kappa shape index (κ1) is 23.1. The van der Waals surface area contributed by atoms with Gasteiger partial charge in [0.25, 0.3) is 5.56 Å². The number of nitrogens with zero attached hydrogens (tertiary/aromatic N) is 4. The second kappa shape index (κ2) is 9.56. The Morgan fingerprint density at radius 3 is 2.49 bits per heavy atom. The third kappa shape index (κ3) is 4.54. The molecule has 0 spiro atoms. The number of aryl methyl sites for hydroxylation is 3. The normalized spacial score (nSPS) is 12.3. The maximum Gasteiger partial charge on any atom is 0.267 e. The lowest BCUT2D eigenvalue weighted by Gasteiger charge is -2.14. The molecule has 0 aliphatic heterocycles. The van der Waals surface area contributed by atoms with Gasteiger partial charge in [-0.3, -0.25) is 9.20 Å². The van der Waals surface area contributed by atoms with Crippen molar-refractivity contribution in [3.8, 4) is 11.4 Å². The molecule has 7 nitrogen and oxygen atoms in total. The Morgan fingerprint density at radius 2 is 1.71 bits per heavy atom. The van der Waals surface area contributed by atoms with Crippen molar-refractivity contribution >= 4 is 28.4 Å². The minimum Gasteiger partial charge on any atom is -0.491 e. The molecule has 2 heterocycles. The van der Waals surface area contributed by atoms with Crippen LogP contribution in [0.5, 0.6) is 5.75 Å². The Bertz CT molecular complexity index is 1570. The largest absolute Gasteiger partial charge is 0.491 e. The van der Waals surface area contributed by atoms with Crippen LogP contribution in [0, 0.1) is 20.8 Å². The highest BCUT2D eigenvalue weighted by Gasteiger charge is 2.19. The molecule has 8 heteroatoms. The summed E-state index contributed by atoms with van der Waals surface area (Å²) in [4.78, 5) is 13.4. The molecule has 178 valence electrons. The summed E-state index contributed by atoms with van der Waals surface area (Å²) in [6, 6.07) is 21.1. The molecule has 0 aliphatic rings. The average Bonchev–Trinajstić information content (AvgIpc) is 3.27. The Labute approximate surface area is 207 Å². The molecule has 3 aromatic carbocycles. The summed E-state index contributed by atoms with van der Waals surface area (Å²) in [5.41, 5.74) is 4.61. The number of aromatic nitrogens is 4. The number of thioether (sulfide) groups is 1. The second-order valence-corrected chi connectivity index (χ2v) is 9.64. The van der Waals surface area contributed by atoms with E-state index >= 15 is 0 Å². The minimum absolute atomic E-state index is 0.150. The predicted octanol–water partition coefficient (Wildman–Crippen LogP) is 4.49. The van der Waals surface area contributed by atoms with E-state index < -0.39 is 6.10 Å². The molecule has 5 rings (SSSR count). The van der Waals surface area contributed by atoms with Crippen LogP contribution in [0.1, 0.15) is 16.7 Å². The summed E-state index contributed by atoms with van der Waals surface area (Å²) in [6.07, 6.45) is -0.706. The van der Waals surface area contributed by atoms with Gasteiger partial charge in [0.15, 0.2) is 5.16 Å². The van der Waals surface area contributed by atoms with Gasteiger partial charge < -0.3 is 9.84 Å². The van der Waals surface area contributed by atoms with E-state index in [4.69, 9.17) is 4.74 Å². The van der Waals surface area contributed by atoms with E-state index in [1.54, 1.807) is 4.57 Å². The molecule has 5 aromatic rings. The van der Waals surface area contributed by atoms with Gasteiger partial charge in [-0.25, -0.2) is 4.57 Å². The Hall–Kier alpha value is -3.62. The van der Waals surface area contributed by atoms with Gasteiger partial charge in [-0.2, -0.15) is 0 Å². The maximum absolute atomic E-state index is 13.4. The summed E-state index contributed by atoms with van der Waals surface area (Å²) < 4.78 is 9.29. The van der Waals surface area contributed by atoms with Gasteiger partial charge >= 0.3 is 0 Å². The zero-order chi connectivity index (χ0) is 24.5. The molecule has 2 aromatic heterocycles. The first-order chi connectivity index (χ1) is 16.9. The molecule has 1 N–H and O–H groups in total. The van der Waals surface area contributed by atoms with Crippen LogP contribution < -0.4 is 10.3 Å². The van der Waals surface area contributed by atoms with Gasteiger partial charge in [-0.15, -0.1) is 10.2 Å². The summed E-state index contributed by atoms with van der Waals surface area (Å²) >= 11 is 1.38. The van der Waals surface area contributed by atoms with E-state index in [0.717, 1.165) is 28.1 Å². The highest BCUT2D eigenvalue weighted by atomic mass is 32.2. The molecular weight excluding hydrogens is 460 g/mol. The lowest BCUT2D eigenvalue weighted by atomic mass is 10.1. The van der Waals surface area contributed by atoms with Crippen molar-refractivity contribution in [1.82, 2.24) is 19.2 Å². The number of hydrogen-bond donors (Lipinski definition) is 1. The number of rotatable bonds is 7. The molecule has 0 saturated heterocycles. The molecule has 0 fully saturated rings. The number of fused-ring (bicyclic) bond motifs is 3. The highest BCUT2D eigenvalue weighted by Crippen LogP contribution is 2.24. The van der Waals surface area contributed by atoms with Gasteiger partial charge in [0, 0.05) is 5.75 Å². The summed E-state index contributed by atoms with van der Waals surface area (Å²) in [5.74, 6) is 1.56. The number of aliphatic hydroxyl groups is 1. The van der Waals surface area contributed by atoms with Crippen LogP contribution in [-0.4, -0.2) is 42.7 Å². The van der Waals surface area contributed by atoms with Gasteiger partial charge in [-0.05, 0) is 56.7 Å². The zero-order valence-electron chi connectivity index (χ0n) is 19.8. The van der Waals surface area contributed by atoms with E-state index in [9.17, 15) is 9.90 Å². The van der Waals surface area contributed by atoms with Crippen molar-refractivity contribution in [3.63, 3.8) is 0 Å². The van der Waals surface area contributed by atoms with Crippen LogP contribution in [0.15, 0.2) is 76.7 Å². The fourth-order valence-electron chi connectivity index (χ4n) is 4.06. The number of ether oxygens (including phenoxy) is 1. The third-order valence-corrected chi connectivity index (χ3v) is 6.93. The molecule has 1 atom stereocenters. The predicted molar refractivity (Wildman–Crippen MR) is 139 cm³/mol. The standard InChI is InChI=1S/C27H26N4O3S/c1-17-8-11-20(12-9-17)30-25(33)22-6-4-5-7-23(22)31-26(30)28-29-27(31)35-16-21(32)15-34-24-13-10-18(2)14-19(24)3/h4-14,21,32H,15-16H2,1-3H3. The van der Waals surface area contributed by atoms with Crippen molar-refractivity contribution in [3.05, 3.63) is 93.8 Å². The Kier molecular flexibility index (Phi) is 6.32. The van der Waals surface area contributed by atoms with Gasteiger partial charge in [0.2, 0.25) is 5.78 Å². The van der Waals surface area contributed by atoms with E-state index in [0.29, 0.717) is 22.1 Å². The van der Waals surface area contributed by atoms with E-state index in [-0.39, 0.29) is 12.2 Å². The molecule has 0 amide bonds. The third-order valence-electron chi connectivity index (χ3n) is 5.85. The number of aliphatic hydroxyl groups excluding tert-OH is 1. The lowest BCUT2D eigenvalue weighted by Crippen LogP contribution is -2.22. The SMILES string of the molecule is Cc1ccc(-n2c(=O)c3ccccc3n3c(SCC(O)COc4ccc(C)cc4C)nnc23)cc1. The molecule has 0 bridgehead atoms. The van der Waals surface area contributed by atoms with Crippen molar-refractivity contribution in [2.45, 2.75) is 32.0 Å². The van der Waals surface area contributed by atoms with Crippen molar-refractivity contribution in [2.75, 3.05) is 12.4 Å². The Balaban J connectivity index is 1.45. The van der Waals surface area contributed by atoms with Gasteiger partial charge in [-0.1, -0.05) is 59.3 Å². The fourth-order valence-corrected chi connectivity index (χ4v) is 4.91. The topological polar surface area (TPSA) is 81.7 Å². The van der Waals surface area contributed by atoms with Crippen molar-refractivity contribution in [1.29, 1.82) is 0 Å². The van der Waals surface area contributed by atoms with Crippen LogP contribution in [0.4, 0.5) is 0 Å². The van der Waals surface area contributed by atoms with Crippen LogP contribution >= 0.6 is 11.8 Å². The van der Waals surface area contributed by atoms with Gasteiger partial charge in [0.1, 0.15) is 12.4 Å². The van der Waals surface area contributed by atoms with Crippen molar-refractivity contribution in [2.24, 2.45) is 0 Å². The van der Waals surface area contributed by atoms with Crippen molar-refractivity contribution < 1.29 is 9.84 Å². The smallest absolute Gasteiger partial charge is 0.267 e. The number of hydrogen-bond acceptors (Lipinski definition) is 6. The van der Waals surface area contributed by atoms with Gasteiger partial charge in [0.05, 0.1) is 22.7 Å². The lowest BCUT2D eigenvalue weighted by molar-refractivity contribution is 0.126. The highest BCUT2D eigenvalue weighted by molar-refractivity contribution is 7.99. The summed E-state index contributed by atoms with van der Waals surface area (Å²) in [7, 11) is 0. The molecule has 0 aliphatic carbocycles. The first-order valence-electron chi connectivity index (χ1n) is 11.4. The van der Waals surface area contributed by atoms with Crippen LogP contribution in [0.3, 0.4) is 0 Å². The number of para-hydroxylation sites is 1. The summed E-state index contributed by atoms with van der Waals surface area (Å²) in [5, 5.41) is 20.5. The Morgan fingerprint density at radius 1 is 0.971 bits per heavy atom.